The molecule has 142 valence electrons. The fourth-order valence-electron chi connectivity index (χ4n) is 3.17. The average molecular weight is 373 g/mol. The van der Waals surface area contributed by atoms with Crippen LogP contribution in [0.5, 0.6) is 0 Å². The van der Waals surface area contributed by atoms with E-state index in [0.717, 1.165) is 24.2 Å². The van der Waals surface area contributed by atoms with E-state index in [1.54, 1.807) is 6.07 Å². The lowest BCUT2D eigenvalue weighted by Crippen LogP contribution is -2.28. The average Bonchev–Trinajstić information content (AvgIpc) is 2.96. The van der Waals surface area contributed by atoms with Crippen LogP contribution in [0.4, 0.5) is 20.2 Å². The third-order valence-corrected chi connectivity index (χ3v) is 4.39. The second kappa shape index (κ2) is 7.84. The summed E-state index contributed by atoms with van der Waals surface area (Å²) >= 11 is 0. The topological polar surface area (TPSA) is 52.7 Å². The summed E-state index contributed by atoms with van der Waals surface area (Å²) in [6.45, 7) is 0.799. The fourth-order valence-corrected chi connectivity index (χ4v) is 3.17. The first-order chi connectivity index (χ1) is 12.8. The lowest BCUT2D eigenvalue weighted by molar-refractivity contribution is -0.122. The predicted molar refractivity (Wildman–Crippen MR) is 99.3 cm³/mol. The van der Waals surface area contributed by atoms with E-state index in [1.807, 2.05) is 37.2 Å². The number of rotatable bonds is 5. The molecule has 2 aromatic carbocycles. The van der Waals surface area contributed by atoms with Crippen molar-refractivity contribution in [2.24, 2.45) is 5.92 Å². The van der Waals surface area contributed by atoms with E-state index >= 15 is 0 Å². The number of hydrogen-bond acceptors (Lipinski definition) is 3. The molecule has 0 spiro atoms. The van der Waals surface area contributed by atoms with Gasteiger partial charge in [0.1, 0.15) is 11.6 Å². The molecule has 3 rings (SSSR count). The second-order valence-electron chi connectivity index (χ2n) is 6.93. The molecule has 1 heterocycles. The summed E-state index contributed by atoms with van der Waals surface area (Å²) in [7, 11) is 3.91. The number of hydrogen-bond donors (Lipinski definition) is 1. The summed E-state index contributed by atoms with van der Waals surface area (Å²) in [5.74, 6) is -2.78. The molecule has 1 unspecified atom stereocenters. The molecule has 0 bridgehead atoms. The van der Waals surface area contributed by atoms with E-state index in [-0.39, 0.29) is 30.5 Å². The van der Waals surface area contributed by atoms with Gasteiger partial charge in [0.25, 0.3) is 0 Å². The first kappa shape index (κ1) is 19.0. The molecule has 0 aromatic heterocycles. The molecule has 5 nitrogen and oxygen atoms in total. The highest BCUT2D eigenvalue weighted by molar-refractivity contribution is 6.03. The van der Waals surface area contributed by atoms with Crippen molar-refractivity contribution in [3.8, 4) is 0 Å². The van der Waals surface area contributed by atoms with Crippen LogP contribution in [0.15, 0.2) is 42.5 Å². The highest BCUT2D eigenvalue weighted by Crippen LogP contribution is 2.28. The Hall–Kier alpha value is -2.80. The second-order valence-corrected chi connectivity index (χ2v) is 6.93. The first-order valence-electron chi connectivity index (χ1n) is 8.63. The molecule has 2 amide bonds. The number of nitrogens with zero attached hydrogens (tertiary/aromatic N) is 2. The summed E-state index contributed by atoms with van der Waals surface area (Å²) in [5.41, 5.74) is 1.69. The maximum Gasteiger partial charge on any atom is 0.229 e. The minimum atomic E-state index is -0.819. The van der Waals surface area contributed by atoms with Crippen molar-refractivity contribution in [1.29, 1.82) is 0 Å². The van der Waals surface area contributed by atoms with Gasteiger partial charge in [-0.3, -0.25) is 9.59 Å². The number of halogens is 2. The molecule has 27 heavy (non-hydrogen) atoms. The molecule has 2 aromatic rings. The van der Waals surface area contributed by atoms with Crippen LogP contribution in [0.2, 0.25) is 0 Å². The maximum atomic E-state index is 14.0. The highest BCUT2D eigenvalue weighted by atomic mass is 19.1. The Balaban J connectivity index is 1.69. The summed E-state index contributed by atoms with van der Waals surface area (Å²) in [4.78, 5) is 28.0. The zero-order chi connectivity index (χ0) is 19.6. The number of nitrogens with one attached hydrogen (secondary N) is 1. The Bertz CT molecular complexity index is 870. The van der Waals surface area contributed by atoms with Gasteiger partial charge >= 0.3 is 0 Å². The molecule has 1 N–H and O–H groups in total. The van der Waals surface area contributed by atoms with Crippen LogP contribution in [-0.4, -0.2) is 37.4 Å². The van der Waals surface area contributed by atoms with Crippen molar-refractivity contribution >= 4 is 23.2 Å². The van der Waals surface area contributed by atoms with Gasteiger partial charge in [-0.25, -0.2) is 8.78 Å². The summed E-state index contributed by atoms with van der Waals surface area (Å²) < 4.78 is 27.0. The first-order valence-corrected chi connectivity index (χ1v) is 8.63. The van der Waals surface area contributed by atoms with Gasteiger partial charge in [-0.1, -0.05) is 12.1 Å². The largest absolute Gasteiger partial charge is 0.326 e. The van der Waals surface area contributed by atoms with Crippen LogP contribution in [0.1, 0.15) is 12.0 Å². The van der Waals surface area contributed by atoms with E-state index in [0.29, 0.717) is 5.69 Å². The molecule has 1 fully saturated rings. The molecular weight excluding hydrogens is 352 g/mol. The van der Waals surface area contributed by atoms with Gasteiger partial charge in [-0.15, -0.1) is 0 Å². The van der Waals surface area contributed by atoms with Crippen molar-refractivity contribution in [2.45, 2.75) is 13.0 Å². The maximum absolute atomic E-state index is 14.0. The molecule has 1 aliphatic heterocycles. The lowest BCUT2D eigenvalue weighted by atomic mass is 10.1. The summed E-state index contributed by atoms with van der Waals surface area (Å²) in [6.07, 6.45) is -0.0139. The molecular formula is C20H21F2N3O2. The molecule has 1 aliphatic rings. The fraction of sp³-hybridized carbons (Fsp3) is 0.300. The van der Waals surface area contributed by atoms with Gasteiger partial charge in [0, 0.05) is 31.3 Å². The van der Waals surface area contributed by atoms with Crippen LogP contribution >= 0.6 is 0 Å². The molecule has 0 radical (unpaired) electrons. The Kier molecular flexibility index (Phi) is 5.51. The standard InChI is InChI=1S/C20H21F2N3O2/c1-24(2)11-13-4-3-5-16(8-13)23-20(27)14-9-19(26)25(12-14)18-7-6-15(21)10-17(18)22/h3-8,10,14H,9,11-12H2,1-2H3,(H,23,27). The molecule has 1 atom stereocenters. The molecule has 0 saturated carbocycles. The number of anilines is 2. The van der Waals surface area contributed by atoms with Crippen LogP contribution in [0.3, 0.4) is 0 Å². The lowest BCUT2D eigenvalue weighted by Gasteiger charge is -2.17. The smallest absolute Gasteiger partial charge is 0.229 e. The predicted octanol–water partition coefficient (Wildman–Crippen LogP) is 3.02. The summed E-state index contributed by atoms with van der Waals surface area (Å²) in [6, 6.07) is 10.5. The number of carbonyl (C=O) groups is 2. The third-order valence-electron chi connectivity index (χ3n) is 4.39. The monoisotopic (exact) mass is 373 g/mol. The van der Waals surface area contributed by atoms with Crippen LogP contribution in [0.25, 0.3) is 0 Å². The van der Waals surface area contributed by atoms with Gasteiger partial charge in [0.15, 0.2) is 0 Å². The summed E-state index contributed by atoms with van der Waals surface area (Å²) in [5, 5.41) is 2.82. The van der Waals surface area contributed by atoms with E-state index in [9.17, 15) is 18.4 Å². The van der Waals surface area contributed by atoms with E-state index in [2.05, 4.69) is 5.32 Å². The van der Waals surface area contributed by atoms with E-state index in [4.69, 9.17) is 0 Å². The Morgan fingerprint density at radius 2 is 2.00 bits per heavy atom. The zero-order valence-electron chi connectivity index (χ0n) is 15.2. The van der Waals surface area contributed by atoms with Crippen LogP contribution in [0, 0.1) is 17.6 Å². The Morgan fingerprint density at radius 3 is 2.70 bits per heavy atom. The van der Waals surface area contributed by atoms with Crippen molar-refractivity contribution in [2.75, 3.05) is 30.9 Å². The van der Waals surface area contributed by atoms with Gasteiger partial charge in [-0.2, -0.15) is 0 Å². The van der Waals surface area contributed by atoms with Crippen molar-refractivity contribution in [3.05, 3.63) is 59.7 Å². The van der Waals surface area contributed by atoms with Crippen LogP contribution in [-0.2, 0) is 16.1 Å². The van der Waals surface area contributed by atoms with Crippen molar-refractivity contribution in [1.82, 2.24) is 4.90 Å². The van der Waals surface area contributed by atoms with Crippen molar-refractivity contribution < 1.29 is 18.4 Å². The van der Waals surface area contributed by atoms with Crippen LogP contribution < -0.4 is 10.2 Å². The third kappa shape index (κ3) is 4.49. The number of carbonyl (C=O) groups excluding carboxylic acids is 2. The number of amides is 2. The molecule has 7 heteroatoms. The molecule has 0 aliphatic carbocycles. The SMILES string of the molecule is CN(C)Cc1cccc(NC(=O)C2CC(=O)N(c3ccc(F)cc3F)C2)c1. The minimum absolute atomic E-state index is 0.00956. The van der Waals surface area contributed by atoms with E-state index < -0.39 is 17.6 Å². The van der Waals surface area contributed by atoms with E-state index in [1.165, 1.54) is 11.0 Å². The van der Waals surface area contributed by atoms with Gasteiger partial charge in [-0.05, 0) is 43.9 Å². The number of benzene rings is 2. The van der Waals surface area contributed by atoms with Gasteiger partial charge < -0.3 is 15.1 Å². The quantitative estimate of drug-likeness (QED) is 0.877. The normalized spacial score (nSPS) is 16.9. The highest BCUT2D eigenvalue weighted by Gasteiger charge is 2.36. The zero-order valence-corrected chi connectivity index (χ0v) is 15.2. The Morgan fingerprint density at radius 1 is 1.22 bits per heavy atom. The van der Waals surface area contributed by atoms with Gasteiger partial charge in [0.2, 0.25) is 11.8 Å². The molecule has 1 saturated heterocycles. The van der Waals surface area contributed by atoms with Crippen molar-refractivity contribution in [3.63, 3.8) is 0 Å². The minimum Gasteiger partial charge on any atom is -0.326 e. The Labute approximate surface area is 156 Å². The van der Waals surface area contributed by atoms with Gasteiger partial charge in [0.05, 0.1) is 11.6 Å².